The lowest BCUT2D eigenvalue weighted by Gasteiger charge is -2.22. The van der Waals surface area contributed by atoms with E-state index >= 15 is 0 Å². The summed E-state index contributed by atoms with van der Waals surface area (Å²) in [5.41, 5.74) is 1.59. The van der Waals surface area contributed by atoms with Crippen LogP contribution >= 0.6 is 0 Å². The van der Waals surface area contributed by atoms with Gasteiger partial charge < -0.3 is 10.2 Å². The molecule has 0 spiro atoms. The summed E-state index contributed by atoms with van der Waals surface area (Å²) in [7, 11) is 0. The Morgan fingerprint density at radius 3 is 2.93 bits per heavy atom. The summed E-state index contributed by atoms with van der Waals surface area (Å²) in [5.74, 6) is -1.00. The fraction of sp³-hybridized carbons (Fsp3) is 0.364. The fourth-order valence-electron chi connectivity index (χ4n) is 2.09. The smallest absolute Gasteiger partial charge is 0.310 e. The van der Waals surface area contributed by atoms with Gasteiger partial charge in [-0.25, -0.2) is 0 Å². The molecule has 1 aliphatic carbocycles. The molecule has 14 heavy (non-hydrogen) atoms. The lowest BCUT2D eigenvalue weighted by Crippen LogP contribution is -2.17. The minimum Gasteiger partial charge on any atom is -0.508 e. The second-order valence-corrected chi connectivity index (χ2v) is 3.63. The summed E-state index contributed by atoms with van der Waals surface area (Å²) >= 11 is 0. The molecule has 1 unspecified atom stereocenters. The summed E-state index contributed by atoms with van der Waals surface area (Å²) < 4.78 is 0. The van der Waals surface area contributed by atoms with E-state index in [1.807, 2.05) is 0 Å². The Morgan fingerprint density at radius 1 is 1.43 bits per heavy atom. The molecule has 1 aromatic rings. The average molecular weight is 192 g/mol. The molecular formula is C11H12O3. The van der Waals surface area contributed by atoms with Gasteiger partial charge in [-0.3, -0.25) is 4.79 Å². The van der Waals surface area contributed by atoms with Crippen molar-refractivity contribution in [1.82, 2.24) is 0 Å². The second-order valence-electron chi connectivity index (χ2n) is 3.63. The molecule has 3 nitrogen and oxygen atoms in total. The van der Waals surface area contributed by atoms with Crippen LogP contribution in [0.3, 0.4) is 0 Å². The van der Waals surface area contributed by atoms with Crippen molar-refractivity contribution in [2.75, 3.05) is 0 Å². The van der Waals surface area contributed by atoms with Crippen molar-refractivity contribution in [2.45, 2.75) is 25.2 Å². The van der Waals surface area contributed by atoms with Crippen LogP contribution in [-0.4, -0.2) is 16.2 Å². The van der Waals surface area contributed by atoms with E-state index in [0.717, 1.165) is 24.0 Å². The number of carboxylic acids is 1. The van der Waals surface area contributed by atoms with E-state index in [0.29, 0.717) is 6.42 Å². The number of carbonyl (C=O) groups is 1. The first kappa shape index (κ1) is 9.06. The molecule has 1 aliphatic rings. The molecule has 1 aromatic carbocycles. The summed E-state index contributed by atoms with van der Waals surface area (Å²) in [5, 5.41) is 18.6. The van der Waals surface area contributed by atoms with Gasteiger partial charge in [0.1, 0.15) is 5.75 Å². The van der Waals surface area contributed by atoms with E-state index in [-0.39, 0.29) is 5.75 Å². The van der Waals surface area contributed by atoms with Gasteiger partial charge in [0.15, 0.2) is 0 Å². The number of aromatic hydroxyl groups is 1. The van der Waals surface area contributed by atoms with Crippen LogP contribution in [0, 0.1) is 0 Å². The standard InChI is InChI=1S/C11H12O3/c12-10-6-2-3-7-8(10)4-1-5-9(7)11(13)14/h2-3,6,9,12H,1,4-5H2,(H,13,14). The molecule has 0 amide bonds. The molecule has 74 valence electrons. The molecule has 0 bridgehead atoms. The highest BCUT2D eigenvalue weighted by Gasteiger charge is 2.27. The molecule has 0 fully saturated rings. The zero-order valence-corrected chi connectivity index (χ0v) is 7.73. The van der Waals surface area contributed by atoms with Gasteiger partial charge in [-0.1, -0.05) is 12.1 Å². The Kier molecular flexibility index (Phi) is 2.15. The van der Waals surface area contributed by atoms with Gasteiger partial charge in [-0.15, -0.1) is 0 Å². The average Bonchev–Trinajstić information content (AvgIpc) is 2.17. The summed E-state index contributed by atoms with van der Waals surface area (Å²) in [4.78, 5) is 10.9. The molecule has 0 aliphatic heterocycles. The van der Waals surface area contributed by atoms with Gasteiger partial charge in [-0.05, 0) is 36.5 Å². The zero-order chi connectivity index (χ0) is 10.1. The number of aliphatic carboxylic acids is 1. The van der Waals surface area contributed by atoms with Crippen LogP contribution in [-0.2, 0) is 11.2 Å². The van der Waals surface area contributed by atoms with Crippen molar-refractivity contribution < 1.29 is 15.0 Å². The lowest BCUT2D eigenvalue weighted by atomic mass is 9.82. The Morgan fingerprint density at radius 2 is 2.21 bits per heavy atom. The third kappa shape index (κ3) is 1.35. The minimum atomic E-state index is -0.795. The number of carboxylic acid groups (broad SMARTS) is 1. The van der Waals surface area contributed by atoms with Gasteiger partial charge >= 0.3 is 5.97 Å². The van der Waals surface area contributed by atoms with Gasteiger partial charge in [0, 0.05) is 0 Å². The molecule has 0 radical (unpaired) electrons. The van der Waals surface area contributed by atoms with Crippen molar-refractivity contribution in [3.63, 3.8) is 0 Å². The first-order valence-electron chi connectivity index (χ1n) is 4.73. The van der Waals surface area contributed by atoms with E-state index < -0.39 is 11.9 Å². The predicted octanol–water partition coefficient (Wildman–Crippen LogP) is 1.90. The number of hydrogen-bond donors (Lipinski definition) is 2. The first-order chi connectivity index (χ1) is 6.70. The number of phenolic OH excluding ortho intramolecular Hbond substituents is 1. The monoisotopic (exact) mass is 192 g/mol. The van der Waals surface area contributed by atoms with Crippen molar-refractivity contribution in [3.8, 4) is 5.75 Å². The number of benzene rings is 1. The molecule has 0 aromatic heterocycles. The zero-order valence-electron chi connectivity index (χ0n) is 7.73. The number of hydrogen-bond acceptors (Lipinski definition) is 2. The molecule has 1 atom stereocenters. The first-order valence-corrected chi connectivity index (χ1v) is 4.73. The van der Waals surface area contributed by atoms with Crippen LogP contribution in [0.5, 0.6) is 5.75 Å². The highest BCUT2D eigenvalue weighted by Crippen LogP contribution is 2.35. The van der Waals surface area contributed by atoms with Crippen LogP contribution in [0.4, 0.5) is 0 Å². The fourth-order valence-corrected chi connectivity index (χ4v) is 2.09. The van der Waals surface area contributed by atoms with Crippen LogP contribution in [0.15, 0.2) is 18.2 Å². The quantitative estimate of drug-likeness (QED) is 0.714. The third-order valence-corrected chi connectivity index (χ3v) is 2.78. The lowest BCUT2D eigenvalue weighted by molar-refractivity contribution is -0.139. The molecular weight excluding hydrogens is 180 g/mol. The maximum absolute atomic E-state index is 10.9. The van der Waals surface area contributed by atoms with Gasteiger partial charge in [0.05, 0.1) is 5.92 Å². The Labute approximate surface area is 82.0 Å². The maximum Gasteiger partial charge on any atom is 0.310 e. The Balaban J connectivity index is 2.49. The van der Waals surface area contributed by atoms with Gasteiger partial charge in [-0.2, -0.15) is 0 Å². The molecule has 0 heterocycles. The molecule has 2 rings (SSSR count). The van der Waals surface area contributed by atoms with Crippen molar-refractivity contribution in [1.29, 1.82) is 0 Å². The topological polar surface area (TPSA) is 57.5 Å². The largest absolute Gasteiger partial charge is 0.508 e. The molecule has 3 heteroatoms. The molecule has 0 saturated heterocycles. The highest BCUT2D eigenvalue weighted by atomic mass is 16.4. The number of phenols is 1. The maximum atomic E-state index is 10.9. The third-order valence-electron chi connectivity index (χ3n) is 2.78. The van der Waals surface area contributed by atoms with E-state index in [1.165, 1.54) is 0 Å². The Bertz CT molecular complexity index is 371. The molecule has 2 N–H and O–H groups in total. The van der Waals surface area contributed by atoms with Crippen molar-refractivity contribution in [2.24, 2.45) is 0 Å². The summed E-state index contributed by atoms with van der Waals surface area (Å²) in [6.45, 7) is 0. The molecule has 0 saturated carbocycles. The van der Waals surface area contributed by atoms with E-state index in [2.05, 4.69) is 0 Å². The SMILES string of the molecule is O=C(O)C1CCCc2c(O)cccc21. The normalized spacial score (nSPS) is 20.1. The van der Waals surface area contributed by atoms with Crippen molar-refractivity contribution >= 4 is 5.97 Å². The Hall–Kier alpha value is -1.51. The van der Waals surface area contributed by atoms with E-state index in [1.54, 1.807) is 18.2 Å². The van der Waals surface area contributed by atoms with Crippen LogP contribution in [0.1, 0.15) is 29.9 Å². The summed E-state index contributed by atoms with van der Waals surface area (Å²) in [6, 6.07) is 5.12. The highest BCUT2D eigenvalue weighted by molar-refractivity contribution is 5.77. The van der Waals surface area contributed by atoms with Crippen molar-refractivity contribution in [3.05, 3.63) is 29.3 Å². The van der Waals surface area contributed by atoms with Gasteiger partial charge in [0.25, 0.3) is 0 Å². The second kappa shape index (κ2) is 3.33. The van der Waals surface area contributed by atoms with Crippen LogP contribution in [0.25, 0.3) is 0 Å². The number of rotatable bonds is 1. The minimum absolute atomic E-state index is 0.230. The predicted molar refractivity (Wildman–Crippen MR) is 51.4 cm³/mol. The van der Waals surface area contributed by atoms with Crippen LogP contribution < -0.4 is 0 Å². The number of fused-ring (bicyclic) bond motifs is 1. The van der Waals surface area contributed by atoms with E-state index in [9.17, 15) is 9.90 Å². The summed E-state index contributed by atoms with van der Waals surface area (Å²) in [6.07, 6.45) is 2.29. The van der Waals surface area contributed by atoms with Crippen LogP contribution in [0.2, 0.25) is 0 Å². The van der Waals surface area contributed by atoms with E-state index in [4.69, 9.17) is 5.11 Å². The van der Waals surface area contributed by atoms with Gasteiger partial charge in [0.2, 0.25) is 0 Å².